The highest BCUT2D eigenvalue weighted by atomic mass is 32.1. The highest BCUT2D eigenvalue weighted by Gasteiger charge is 2.21. The van der Waals surface area contributed by atoms with Gasteiger partial charge in [0, 0.05) is 16.6 Å². The molecule has 6 nitrogen and oxygen atoms in total. The zero-order chi connectivity index (χ0) is 15.8. The van der Waals surface area contributed by atoms with Crippen LogP contribution in [-0.4, -0.2) is 17.7 Å². The van der Waals surface area contributed by atoms with Gasteiger partial charge >= 0.3 is 0 Å². The number of carbonyl (C=O) groups is 1. The predicted octanol–water partition coefficient (Wildman–Crippen LogP) is 3.69. The first-order chi connectivity index (χ1) is 11.2. The summed E-state index contributed by atoms with van der Waals surface area (Å²) in [6, 6.07) is 9.11. The fourth-order valence-corrected chi connectivity index (χ4v) is 3.16. The first-order valence-electron chi connectivity index (χ1n) is 6.92. The molecule has 1 aliphatic heterocycles. The molecule has 0 fully saturated rings. The molecular weight excluding hydrogens is 316 g/mol. The summed E-state index contributed by atoms with van der Waals surface area (Å²) in [4.78, 5) is 18.5. The largest absolute Gasteiger partial charge is 0.454 e. The van der Waals surface area contributed by atoms with Gasteiger partial charge in [0.25, 0.3) is 5.91 Å². The lowest BCUT2D eigenvalue weighted by molar-refractivity contribution is 0.102. The number of fused-ring (bicyclic) bond motifs is 1. The second-order valence-corrected chi connectivity index (χ2v) is 6.25. The van der Waals surface area contributed by atoms with Gasteiger partial charge in [0.05, 0.1) is 4.88 Å². The van der Waals surface area contributed by atoms with Crippen LogP contribution in [0.3, 0.4) is 0 Å². The SMILES string of the molecule is Cc1ccc(-c2ocnc2C(=O)Nc2ccc3c(c2)OCO3)s1. The molecule has 0 bridgehead atoms. The van der Waals surface area contributed by atoms with Crippen molar-refractivity contribution in [2.45, 2.75) is 6.92 Å². The van der Waals surface area contributed by atoms with Crippen LogP contribution in [0.25, 0.3) is 10.6 Å². The Morgan fingerprint density at radius 2 is 2.09 bits per heavy atom. The highest BCUT2D eigenvalue weighted by Crippen LogP contribution is 2.35. The molecule has 1 aromatic carbocycles. The molecule has 0 unspecified atom stereocenters. The van der Waals surface area contributed by atoms with Crippen LogP contribution in [0.2, 0.25) is 0 Å². The van der Waals surface area contributed by atoms with E-state index >= 15 is 0 Å². The van der Waals surface area contributed by atoms with Crippen LogP contribution >= 0.6 is 11.3 Å². The minimum atomic E-state index is -0.335. The molecule has 0 aliphatic carbocycles. The van der Waals surface area contributed by atoms with Gasteiger partial charge in [-0.2, -0.15) is 0 Å². The number of benzene rings is 1. The quantitative estimate of drug-likeness (QED) is 0.793. The number of carbonyl (C=O) groups excluding carboxylic acids is 1. The average molecular weight is 328 g/mol. The van der Waals surface area contributed by atoms with Crippen molar-refractivity contribution in [3.63, 3.8) is 0 Å². The third kappa shape index (κ3) is 2.55. The molecule has 1 N–H and O–H groups in total. The van der Waals surface area contributed by atoms with Gasteiger partial charge in [0.2, 0.25) is 6.79 Å². The molecule has 3 heterocycles. The lowest BCUT2D eigenvalue weighted by atomic mass is 10.2. The molecule has 116 valence electrons. The smallest absolute Gasteiger partial charge is 0.278 e. The maximum Gasteiger partial charge on any atom is 0.278 e. The van der Waals surface area contributed by atoms with Crippen LogP contribution in [0, 0.1) is 6.92 Å². The van der Waals surface area contributed by atoms with Crippen molar-refractivity contribution >= 4 is 22.9 Å². The molecule has 3 aromatic rings. The van der Waals surface area contributed by atoms with Crippen LogP contribution < -0.4 is 14.8 Å². The Morgan fingerprint density at radius 3 is 2.91 bits per heavy atom. The number of ether oxygens (including phenoxy) is 2. The summed E-state index contributed by atoms with van der Waals surface area (Å²) in [5.74, 6) is 1.41. The minimum absolute atomic E-state index is 0.192. The van der Waals surface area contributed by atoms with Crippen LogP contribution in [-0.2, 0) is 0 Å². The van der Waals surface area contributed by atoms with Gasteiger partial charge in [-0.3, -0.25) is 4.79 Å². The number of rotatable bonds is 3. The second kappa shape index (κ2) is 5.44. The van der Waals surface area contributed by atoms with Gasteiger partial charge in [-0.15, -0.1) is 11.3 Å². The highest BCUT2D eigenvalue weighted by molar-refractivity contribution is 7.15. The van der Waals surface area contributed by atoms with E-state index in [0.29, 0.717) is 22.9 Å². The normalized spacial score (nSPS) is 12.4. The van der Waals surface area contributed by atoms with Crippen molar-refractivity contribution in [3.8, 4) is 22.1 Å². The van der Waals surface area contributed by atoms with E-state index in [1.807, 2.05) is 19.1 Å². The average Bonchev–Trinajstić information content (AvgIpc) is 3.26. The number of thiophene rings is 1. The van der Waals surface area contributed by atoms with Crippen LogP contribution in [0.4, 0.5) is 5.69 Å². The van der Waals surface area contributed by atoms with E-state index in [9.17, 15) is 4.79 Å². The Bertz CT molecular complexity index is 884. The summed E-state index contributed by atoms with van der Waals surface area (Å²) in [6.07, 6.45) is 1.28. The number of hydrogen-bond donors (Lipinski definition) is 1. The number of amides is 1. The Balaban J connectivity index is 1.59. The predicted molar refractivity (Wildman–Crippen MR) is 85.1 cm³/mol. The van der Waals surface area contributed by atoms with Crippen molar-refractivity contribution in [3.05, 3.63) is 47.3 Å². The van der Waals surface area contributed by atoms with E-state index in [1.54, 1.807) is 29.5 Å². The van der Waals surface area contributed by atoms with Crippen LogP contribution in [0.5, 0.6) is 11.5 Å². The van der Waals surface area contributed by atoms with Crippen LogP contribution in [0.1, 0.15) is 15.4 Å². The van der Waals surface area contributed by atoms with Crippen molar-refractivity contribution in [2.75, 3.05) is 12.1 Å². The molecular formula is C16H12N2O4S. The molecule has 0 spiro atoms. The maximum atomic E-state index is 12.5. The van der Waals surface area contributed by atoms with Crippen molar-refractivity contribution in [1.82, 2.24) is 4.98 Å². The molecule has 0 saturated heterocycles. The standard InChI is InChI=1S/C16H12N2O4S/c1-9-2-5-13(23-9)15-14(17-7-20-15)16(19)18-10-3-4-11-12(6-10)22-8-21-11/h2-7H,8H2,1H3,(H,18,19). The Morgan fingerprint density at radius 1 is 1.22 bits per heavy atom. The summed E-state index contributed by atoms with van der Waals surface area (Å²) >= 11 is 1.55. The zero-order valence-corrected chi connectivity index (χ0v) is 13.0. The van der Waals surface area contributed by atoms with Crippen molar-refractivity contribution in [2.24, 2.45) is 0 Å². The number of hydrogen-bond acceptors (Lipinski definition) is 6. The summed E-state index contributed by atoms with van der Waals surface area (Å²) in [5, 5.41) is 2.80. The lowest BCUT2D eigenvalue weighted by Gasteiger charge is -2.05. The summed E-state index contributed by atoms with van der Waals surface area (Å²) in [7, 11) is 0. The number of oxazole rings is 1. The monoisotopic (exact) mass is 328 g/mol. The third-order valence-corrected chi connectivity index (χ3v) is 4.38. The minimum Gasteiger partial charge on any atom is -0.454 e. The second-order valence-electron chi connectivity index (χ2n) is 4.96. The first kappa shape index (κ1) is 13.8. The maximum absolute atomic E-state index is 12.5. The van der Waals surface area contributed by atoms with Crippen molar-refractivity contribution in [1.29, 1.82) is 0 Å². The number of aromatic nitrogens is 1. The zero-order valence-electron chi connectivity index (χ0n) is 12.2. The molecule has 7 heteroatoms. The Labute approximate surface area is 135 Å². The van der Waals surface area contributed by atoms with Gasteiger partial charge in [-0.25, -0.2) is 4.98 Å². The molecule has 4 rings (SSSR count). The van der Waals surface area contributed by atoms with Crippen LogP contribution in [0.15, 0.2) is 41.1 Å². The summed E-state index contributed by atoms with van der Waals surface area (Å²) in [5.41, 5.74) is 0.861. The van der Waals surface area contributed by atoms with E-state index in [-0.39, 0.29) is 18.4 Å². The van der Waals surface area contributed by atoms with Gasteiger partial charge in [-0.1, -0.05) is 0 Å². The van der Waals surface area contributed by atoms with E-state index in [0.717, 1.165) is 9.75 Å². The third-order valence-electron chi connectivity index (χ3n) is 3.38. The van der Waals surface area contributed by atoms with E-state index in [2.05, 4.69) is 10.3 Å². The molecule has 1 amide bonds. The number of nitrogens with zero attached hydrogens (tertiary/aromatic N) is 1. The lowest BCUT2D eigenvalue weighted by Crippen LogP contribution is -2.13. The molecule has 0 saturated carbocycles. The van der Waals surface area contributed by atoms with E-state index < -0.39 is 0 Å². The topological polar surface area (TPSA) is 73.6 Å². The number of anilines is 1. The van der Waals surface area contributed by atoms with E-state index in [4.69, 9.17) is 13.9 Å². The van der Waals surface area contributed by atoms with Gasteiger partial charge in [0.1, 0.15) is 0 Å². The first-order valence-corrected chi connectivity index (χ1v) is 7.73. The molecule has 2 aromatic heterocycles. The van der Waals surface area contributed by atoms with Gasteiger partial charge in [-0.05, 0) is 31.2 Å². The molecule has 1 aliphatic rings. The van der Waals surface area contributed by atoms with Crippen molar-refractivity contribution < 1.29 is 18.7 Å². The number of nitrogens with one attached hydrogen (secondary N) is 1. The number of aryl methyl sites for hydroxylation is 1. The fourth-order valence-electron chi connectivity index (χ4n) is 2.30. The molecule has 0 atom stereocenters. The van der Waals surface area contributed by atoms with Gasteiger partial charge < -0.3 is 19.2 Å². The Kier molecular flexibility index (Phi) is 3.27. The van der Waals surface area contributed by atoms with E-state index in [1.165, 1.54) is 6.39 Å². The Hall–Kier alpha value is -2.80. The molecule has 0 radical (unpaired) electrons. The molecule has 23 heavy (non-hydrogen) atoms. The summed E-state index contributed by atoms with van der Waals surface area (Å²) < 4.78 is 15.9. The van der Waals surface area contributed by atoms with Gasteiger partial charge in [0.15, 0.2) is 29.3 Å². The summed E-state index contributed by atoms with van der Waals surface area (Å²) in [6.45, 7) is 2.19. The fraction of sp³-hybridized carbons (Fsp3) is 0.125.